The lowest BCUT2D eigenvalue weighted by molar-refractivity contribution is -0.140. The van der Waals surface area contributed by atoms with Crippen LogP contribution in [0.25, 0.3) is 0 Å². The molecule has 0 atom stereocenters. The minimum absolute atomic E-state index is 0.284. The quantitative estimate of drug-likeness (QED) is 0.385. The lowest BCUT2D eigenvalue weighted by Gasteiger charge is -2.05. The van der Waals surface area contributed by atoms with E-state index in [4.69, 9.17) is 9.47 Å². The molecule has 0 unspecified atom stereocenters. The second kappa shape index (κ2) is 13.4. The van der Waals surface area contributed by atoms with Gasteiger partial charge in [0.2, 0.25) is 0 Å². The van der Waals surface area contributed by atoms with Crippen LogP contribution in [0, 0.1) is 5.92 Å². The van der Waals surface area contributed by atoms with E-state index in [9.17, 15) is 9.59 Å². The van der Waals surface area contributed by atoms with Gasteiger partial charge in [-0.3, -0.25) is 0 Å². The summed E-state index contributed by atoms with van der Waals surface area (Å²) in [6, 6.07) is 0. The molecule has 0 aromatic carbocycles. The number of esters is 2. The predicted octanol–water partition coefficient (Wildman–Crippen LogP) is 4.06. The summed E-state index contributed by atoms with van der Waals surface area (Å²) in [5, 5.41) is 0. The minimum Gasteiger partial charge on any atom is -0.462 e. The Morgan fingerprint density at radius 2 is 1.38 bits per heavy atom. The van der Waals surface area contributed by atoms with Crippen LogP contribution in [-0.2, 0) is 19.1 Å². The van der Waals surface area contributed by atoms with Crippen LogP contribution < -0.4 is 0 Å². The maximum atomic E-state index is 10.8. The number of hydrogen-bond donors (Lipinski definition) is 0. The van der Waals surface area contributed by atoms with Gasteiger partial charge in [0.1, 0.15) is 0 Å². The fourth-order valence-electron chi connectivity index (χ4n) is 0.943. The number of ether oxygens (including phenoxy) is 2. The summed E-state index contributed by atoms with van der Waals surface area (Å²) >= 11 is 0. The van der Waals surface area contributed by atoms with Crippen LogP contribution >= 0.6 is 0 Å². The molecule has 0 spiro atoms. The third-order valence-electron chi connectivity index (χ3n) is 2.36. The van der Waals surface area contributed by atoms with Crippen LogP contribution in [0.5, 0.6) is 0 Å². The highest BCUT2D eigenvalue weighted by molar-refractivity contribution is 5.87. The van der Waals surface area contributed by atoms with Crippen molar-refractivity contribution in [1.29, 1.82) is 0 Å². The van der Waals surface area contributed by atoms with E-state index in [1.54, 1.807) is 13.8 Å². The van der Waals surface area contributed by atoms with Gasteiger partial charge in [-0.1, -0.05) is 40.3 Å². The standard InChI is InChI=1S/C9H16O2.C8H14O2/c1-7(2)5-6-11-9(10)8(3)4;1-4-5-6-10-8(9)7(2)3/h7H,3,5-6H2,1-2,4H3;2,4-6H2,1,3H3. The van der Waals surface area contributed by atoms with Crippen molar-refractivity contribution in [3.05, 3.63) is 24.3 Å². The van der Waals surface area contributed by atoms with E-state index in [1.807, 2.05) is 0 Å². The van der Waals surface area contributed by atoms with Crippen molar-refractivity contribution in [1.82, 2.24) is 0 Å². The van der Waals surface area contributed by atoms with Gasteiger partial charge in [0, 0.05) is 11.1 Å². The molecule has 21 heavy (non-hydrogen) atoms. The van der Waals surface area contributed by atoms with Crippen molar-refractivity contribution in [3.8, 4) is 0 Å². The highest BCUT2D eigenvalue weighted by atomic mass is 16.5. The van der Waals surface area contributed by atoms with Gasteiger partial charge in [0.15, 0.2) is 0 Å². The number of hydrogen-bond acceptors (Lipinski definition) is 4. The molecule has 0 saturated heterocycles. The molecular weight excluding hydrogens is 268 g/mol. The fraction of sp³-hybridized carbons (Fsp3) is 0.647. The minimum atomic E-state index is -0.286. The lowest BCUT2D eigenvalue weighted by Crippen LogP contribution is -2.07. The van der Waals surface area contributed by atoms with Crippen LogP contribution in [0.1, 0.15) is 53.9 Å². The van der Waals surface area contributed by atoms with E-state index in [2.05, 4.69) is 33.9 Å². The smallest absolute Gasteiger partial charge is 0.333 e. The zero-order valence-corrected chi connectivity index (χ0v) is 14.2. The Balaban J connectivity index is 0. The highest BCUT2D eigenvalue weighted by Gasteiger charge is 2.02. The van der Waals surface area contributed by atoms with Gasteiger partial charge < -0.3 is 9.47 Å². The molecule has 0 rings (SSSR count). The van der Waals surface area contributed by atoms with Gasteiger partial charge in [-0.25, -0.2) is 9.59 Å². The van der Waals surface area contributed by atoms with E-state index in [0.717, 1.165) is 19.3 Å². The largest absolute Gasteiger partial charge is 0.462 e. The molecule has 0 aliphatic heterocycles. The number of carbonyl (C=O) groups is 2. The molecule has 0 aliphatic carbocycles. The Hall–Kier alpha value is -1.58. The molecule has 0 fully saturated rings. The summed E-state index contributed by atoms with van der Waals surface area (Å²) in [5.41, 5.74) is 0.935. The molecule has 0 aliphatic rings. The lowest BCUT2D eigenvalue weighted by atomic mass is 10.1. The Morgan fingerprint density at radius 3 is 1.71 bits per heavy atom. The zero-order valence-electron chi connectivity index (χ0n) is 14.2. The second-order valence-corrected chi connectivity index (χ2v) is 5.37. The van der Waals surface area contributed by atoms with Crippen LogP contribution in [0.15, 0.2) is 24.3 Å². The number of carbonyl (C=O) groups excluding carboxylic acids is 2. The third-order valence-corrected chi connectivity index (χ3v) is 2.36. The molecule has 0 heterocycles. The SMILES string of the molecule is C=C(C)C(=O)OCCC(C)C.C=C(C)C(=O)OCCCC. The van der Waals surface area contributed by atoms with E-state index < -0.39 is 0 Å². The summed E-state index contributed by atoms with van der Waals surface area (Å²) < 4.78 is 9.68. The number of unbranched alkanes of at least 4 members (excludes halogenated alkanes) is 1. The van der Waals surface area contributed by atoms with Crippen molar-refractivity contribution in [2.75, 3.05) is 13.2 Å². The van der Waals surface area contributed by atoms with E-state index in [0.29, 0.717) is 30.3 Å². The monoisotopic (exact) mass is 298 g/mol. The summed E-state index contributed by atoms with van der Waals surface area (Å²) in [5.74, 6) is 0.00650. The Morgan fingerprint density at radius 1 is 0.952 bits per heavy atom. The molecule has 0 bridgehead atoms. The molecule has 4 heteroatoms. The topological polar surface area (TPSA) is 52.6 Å². The van der Waals surface area contributed by atoms with Crippen molar-refractivity contribution >= 4 is 11.9 Å². The molecule has 122 valence electrons. The zero-order chi connectivity index (χ0) is 16.8. The summed E-state index contributed by atoms with van der Waals surface area (Å²) in [4.78, 5) is 21.5. The van der Waals surface area contributed by atoms with Crippen molar-refractivity contribution < 1.29 is 19.1 Å². The number of rotatable bonds is 8. The van der Waals surface area contributed by atoms with Gasteiger partial charge in [0.25, 0.3) is 0 Å². The Labute approximate surface area is 129 Å². The van der Waals surface area contributed by atoms with E-state index >= 15 is 0 Å². The molecule has 0 aromatic heterocycles. The first-order valence-corrected chi connectivity index (χ1v) is 7.37. The maximum absolute atomic E-state index is 10.8. The Bertz CT molecular complexity index is 343. The van der Waals surface area contributed by atoms with Crippen LogP contribution in [0.3, 0.4) is 0 Å². The molecule has 0 amide bonds. The molecule has 0 saturated carbocycles. The first-order chi connectivity index (χ1) is 9.72. The van der Waals surface area contributed by atoms with Crippen LogP contribution in [0.2, 0.25) is 0 Å². The van der Waals surface area contributed by atoms with E-state index in [-0.39, 0.29) is 11.9 Å². The first-order valence-electron chi connectivity index (χ1n) is 7.37. The van der Waals surface area contributed by atoms with Crippen LogP contribution in [0.4, 0.5) is 0 Å². The van der Waals surface area contributed by atoms with Gasteiger partial charge in [-0.15, -0.1) is 0 Å². The fourth-order valence-corrected chi connectivity index (χ4v) is 0.943. The van der Waals surface area contributed by atoms with E-state index in [1.165, 1.54) is 0 Å². The Kier molecular flexibility index (Phi) is 13.9. The molecule has 0 radical (unpaired) electrons. The maximum Gasteiger partial charge on any atom is 0.333 e. The molecule has 0 aromatic rings. The summed E-state index contributed by atoms with van der Waals surface area (Å²) in [6.07, 6.45) is 2.89. The molecular formula is C17H30O4. The molecule has 4 nitrogen and oxygen atoms in total. The first kappa shape index (κ1) is 21.7. The van der Waals surface area contributed by atoms with Gasteiger partial charge in [-0.2, -0.15) is 0 Å². The van der Waals surface area contributed by atoms with Crippen LogP contribution in [-0.4, -0.2) is 25.2 Å². The van der Waals surface area contributed by atoms with Gasteiger partial charge >= 0.3 is 11.9 Å². The summed E-state index contributed by atoms with van der Waals surface area (Å²) in [7, 11) is 0. The van der Waals surface area contributed by atoms with Crippen molar-refractivity contribution in [2.24, 2.45) is 5.92 Å². The summed E-state index contributed by atoms with van der Waals surface area (Å²) in [6.45, 7) is 17.5. The highest BCUT2D eigenvalue weighted by Crippen LogP contribution is 2.00. The average molecular weight is 298 g/mol. The predicted molar refractivity (Wildman–Crippen MR) is 85.9 cm³/mol. The van der Waals surface area contributed by atoms with Crippen molar-refractivity contribution in [2.45, 2.75) is 53.9 Å². The van der Waals surface area contributed by atoms with Gasteiger partial charge in [0.05, 0.1) is 13.2 Å². The van der Waals surface area contributed by atoms with Crippen molar-refractivity contribution in [3.63, 3.8) is 0 Å². The second-order valence-electron chi connectivity index (χ2n) is 5.37. The average Bonchev–Trinajstić information content (AvgIpc) is 2.38. The normalized spacial score (nSPS) is 9.43. The third kappa shape index (κ3) is 16.4. The molecule has 0 N–H and O–H groups in total. The van der Waals surface area contributed by atoms with Gasteiger partial charge in [-0.05, 0) is 32.6 Å².